The van der Waals surface area contributed by atoms with Crippen LogP contribution in [0, 0.1) is 5.82 Å². The van der Waals surface area contributed by atoms with Gasteiger partial charge in [-0.25, -0.2) is 4.39 Å². The third kappa shape index (κ3) is 3.31. The molecule has 0 saturated carbocycles. The van der Waals surface area contributed by atoms with Gasteiger partial charge in [-0.1, -0.05) is 30.3 Å². The van der Waals surface area contributed by atoms with Crippen LogP contribution < -0.4 is 5.32 Å². The zero-order chi connectivity index (χ0) is 16.2. The number of aldehydes is 1. The number of amides is 1. The second-order valence-corrected chi connectivity index (χ2v) is 5.95. The molecule has 0 aliphatic heterocycles. The van der Waals surface area contributed by atoms with Crippen molar-refractivity contribution in [1.82, 2.24) is 5.32 Å². The number of carbonyl (C=O) groups excluding carboxylic acids is 2. The van der Waals surface area contributed by atoms with Gasteiger partial charge in [0.15, 0.2) is 0 Å². The first-order chi connectivity index (χ1) is 11.2. The first-order valence-electron chi connectivity index (χ1n) is 7.71. The lowest BCUT2D eigenvalue weighted by Crippen LogP contribution is -2.31. The molecule has 23 heavy (non-hydrogen) atoms. The summed E-state index contributed by atoms with van der Waals surface area (Å²) in [6.45, 7) is 0. The molecular weight excluding hydrogens is 293 g/mol. The van der Waals surface area contributed by atoms with Crippen LogP contribution in [0.4, 0.5) is 4.39 Å². The molecule has 2 atom stereocenters. The second-order valence-electron chi connectivity index (χ2n) is 5.95. The Labute approximate surface area is 134 Å². The Morgan fingerprint density at radius 3 is 2.74 bits per heavy atom. The smallest absolute Gasteiger partial charge is 0.207 e. The van der Waals surface area contributed by atoms with E-state index < -0.39 is 6.04 Å². The van der Waals surface area contributed by atoms with Crippen LogP contribution in [-0.2, 0) is 22.4 Å². The van der Waals surface area contributed by atoms with Crippen molar-refractivity contribution in [2.75, 3.05) is 0 Å². The van der Waals surface area contributed by atoms with Gasteiger partial charge < -0.3 is 10.1 Å². The molecule has 0 bridgehead atoms. The van der Waals surface area contributed by atoms with E-state index in [4.69, 9.17) is 0 Å². The van der Waals surface area contributed by atoms with E-state index in [1.807, 2.05) is 18.2 Å². The lowest BCUT2D eigenvalue weighted by molar-refractivity contribution is -0.115. The van der Waals surface area contributed by atoms with E-state index in [1.54, 1.807) is 6.07 Å². The van der Waals surface area contributed by atoms with E-state index in [0.29, 0.717) is 19.3 Å². The van der Waals surface area contributed by atoms with Crippen LogP contribution in [0.25, 0.3) is 0 Å². The first kappa shape index (κ1) is 15.4. The van der Waals surface area contributed by atoms with Crippen molar-refractivity contribution < 1.29 is 14.0 Å². The summed E-state index contributed by atoms with van der Waals surface area (Å²) in [5.41, 5.74) is 4.46. The highest BCUT2D eigenvalue weighted by atomic mass is 19.1. The number of fused-ring (bicyclic) bond motifs is 2. The van der Waals surface area contributed by atoms with Crippen LogP contribution in [0.15, 0.2) is 42.5 Å². The minimum absolute atomic E-state index is 0.0666. The highest BCUT2D eigenvalue weighted by Crippen LogP contribution is 2.34. The summed E-state index contributed by atoms with van der Waals surface area (Å²) < 4.78 is 13.6. The molecule has 1 N–H and O–H groups in total. The predicted octanol–water partition coefficient (Wildman–Crippen LogP) is 2.76. The predicted molar refractivity (Wildman–Crippen MR) is 85.8 cm³/mol. The van der Waals surface area contributed by atoms with Crippen LogP contribution >= 0.6 is 0 Å². The largest absolute Gasteiger partial charge is 0.349 e. The van der Waals surface area contributed by atoms with Crippen molar-refractivity contribution in [3.8, 4) is 0 Å². The molecule has 3 rings (SSSR count). The van der Waals surface area contributed by atoms with Gasteiger partial charge in [0, 0.05) is 0 Å². The molecule has 4 heteroatoms. The SMILES string of the molecule is O=CN[C@@H](C=O)CC1Cc2cc(F)ccc2Cc2ccccc21. The first-order valence-corrected chi connectivity index (χ1v) is 7.71. The minimum Gasteiger partial charge on any atom is -0.349 e. The van der Waals surface area contributed by atoms with Crippen LogP contribution in [0.3, 0.4) is 0 Å². The van der Waals surface area contributed by atoms with Crippen molar-refractivity contribution in [3.63, 3.8) is 0 Å². The maximum absolute atomic E-state index is 13.6. The molecule has 2 aromatic rings. The van der Waals surface area contributed by atoms with Crippen LogP contribution in [0.1, 0.15) is 34.6 Å². The molecule has 0 saturated heterocycles. The van der Waals surface area contributed by atoms with E-state index in [2.05, 4.69) is 17.4 Å². The molecule has 0 aromatic heterocycles. The number of carbonyl (C=O) groups is 2. The van der Waals surface area contributed by atoms with Crippen molar-refractivity contribution in [2.24, 2.45) is 0 Å². The van der Waals surface area contributed by atoms with Crippen LogP contribution in [0.2, 0.25) is 0 Å². The Balaban J connectivity index is 1.99. The minimum atomic E-state index is -0.527. The Morgan fingerprint density at radius 2 is 1.96 bits per heavy atom. The second kappa shape index (κ2) is 6.73. The molecule has 118 valence electrons. The lowest BCUT2D eigenvalue weighted by atomic mass is 9.86. The van der Waals surface area contributed by atoms with Gasteiger partial charge in [0.05, 0.1) is 6.04 Å². The van der Waals surface area contributed by atoms with Gasteiger partial charge in [0.1, 0.15) is 12.1 Å². The van der Waals surface area contributed by atoms with E-state index >= 15 is 0 Å². The Hall–Kier alpha value is -2.49. The van der Waals surface area contributed by atoms with E-state index in [0.717, 1.165) is 23.8 Å². The molecule has 1 aliphatic carbocycles. The molecule has 1 amide bonds. The summed E-state index contributed by atoms with van der Waals surface area (Å²) in [4.78, 5) is 21.8. The maximum atomic E-state index is 13.6. The fourth-order valence-corrected chi connectivity index (χ4v) is 3.40. The van der Waals surface area contributed by atoms with Gasteiger partial charge >= 0.3 is 0 Å². The number of benzene rings is 2. The number of halogens is 1. The quantitative estimate of drug-likeness (QED) is 0.863. The van der Waals surface area contributed by atoms with Crippen LogP contribution in [0.5, 0.6) is 0 Å². The zero-order valence-corrected chi connectivity index (χ0v) is 12.7. The topological polar surface area (TPSA) is 46.2 Å². The summed E-state index contributed by atoms with van der Waals surface area (Å²) in [7, 11) is 0. The van der Waals surface area contributed by atoms with Gasteiger partial charge in [0.2, 0.25) is 6.41 Å². The number of nitrogens with one attached hydrogen (secondary N) is 1. The van der Waals surface area contributed by atoms with Gasteiger partial charge in [-0.3, -0.25) is 4.79 Å². The van der Waals surface area contributed by atoms with Gasteiger partial charge in [-0.05, 0) is 59.6 Å². The molecule has 2 aromatic carbocycles. The molecular formula is C19H18FNO2. The monoisotopic (exact) mass is 311 g/mol. The fourth-order valence-electron chi connectivity index (χ4n) is 3.40. The summed E-state index contributed by atoms with van der Waals surface area (Å²) in [5, 5.41) is 2.54. The Morgan fingerprint density at radius 1 is 1.13 bits per heavy atom. The van der Waals surface area contributed by atoms with E-state index in [-0.39, 0.29) is 11.7 Å². The molecule has 0 spiro atoms. The highest BCUT2D eigenvalue weighted by Gasteiger charge is 2.24. The fraction of sp³-hybridized carbons (Fsp3) is 0.263. The van der Waals surface area contributed by atoms with Gasteiger partial charge in [-0.2, -0.15) is 0 Å². The zero-order valence-electron chi connectivity index (χ0n) is 12.7. The van der Waals surface area contributed by atoms with Crippen molar-refractivity contribution in [2.45, 2.75) is 31.2 Å². The standard InChI is InChI=1S/C19H18FNO2/c20-17-6-5-13-7-14-3-1-2-4-19(14)16(8-15(13)9-17)10-18(11-22)21-12-23/h1-6,9,11-12,16,18H,7-8,10H2,(H,21,23)/t16?,18-/m1/s1. The number of hydrogen-bond acceptors (Lipinski definition) is 2. The third-order valence-corrected chi connectivity index (χ3v) is 4.50. The number of hydrogen-bond donors (Lipinski definition) is 1. The summed E-state index contributed by atoms with van der Waals surface area (Å²) in [5.74, 6) is -0.177. The van der Waals surface area contributed by atoms with Crippen molar-refractivity contribution >= 4 is 12.7 Å². The highest BCUT2D eigenvalue weighted by molar-refractivity contribution is 5.63. The van der Waals surface area contributed by atoms with Gasteiger partial charge in [-0.15, -0.1) is 0 Å². The molecule has 0 fully saturated rings. The van der Waals surface area contributed by atoms with Crippen LogP contribution in [-0.4, -0.2) is 18.7 Å². The summed E-state index contributed by atoms with van der Waals surface area (Å²) >= 11 is 0. The molecule has 1 aliphatic rings. The average Bonchev–Trinajstić information content (AvgIpc) is 2.71. The van der Waals surface area contributed by atoms with Crippen molar-refractivity contribution in [1.29, 1.82) is 0 Å². The molecule has 0 heterocycles. The average molecular weight is 311 g/mol. The van der Waals surface area contributed by atoms with Crippen molar-refractivity contribution in [3.05, 3.63) is 70.5 Å². The Kier molecular flexibility index (Phi) is 4.51. The molecule has 3 nitrogen and oxygen atoms in total. The maximum Gasteiger partial charge on any atom is 0.207 e. The molecule has 1 unspecified atom stereocenters. The van der Waals surface area contributed by atoms with E-state index in [9.17, 15) is 14.0 Å². The number of rotatable bonds is 5. The lowest BCUT2D eigenvalue weighted by Gasteiger charge is -2.21. The third-order valence-electron chi connectivity index (χ3n) is 4.50. The summed E-state index contributed by atoms with van der Waals surface area (Å²) in [6, 6.07) is 12.5. The molecule has 0 radical (unpaired) electrons. The Bertz CT molecular complexity index is 729. The van der Waals surface area contributed by atoms with E-state index in [1.165, 1.54) is 17.2 Å². The summed E-state index contributed by atoms with van der Waals surface area (Å²) in [6.07, 6.45) is 3.24. The normalized spacial score (nSPS) is 17.3. The van der Waals surface area contributed by atoms with Gasteiger partial charge in [0.25, 0.3) is 0 Å².